The lowest BCUT2D eigenvalue weighted by molar-refractivity contribution is -0.143. The molecule has 0 unspecified atom stereocenters. The van der Waals surface area contributed by atoms with Gasteiger partial charge < -0.3 is 14.2 Å². The summed E-state index contributed by atoms with van der Waals surface area (Å²) < 4.78 is 14.6. The smallest absolute Gasteiger partial charge is 0.343 e. The first kappa shape index (κ1) is 17.0. The van der Waals surface area contributed by atoms with Crippen LogP contribution in [0.25, 0.3) is 0 Å². The zero-order chi connectivity index (χ0) is 14.8. The molecule has 1 aromatic carbocycles. The number of aryl methyl sites for hydroxylation is 1. The molecule has 0 bridgehead atoms. The fraction of sp³-hybridized carbons (Fsp3) is 0.429. The number of esters is 2. The van der Waals surface area contributed by atoms with Gasteiger partial charge in [-0.15, -0.1) is 0 Å². The number of carbonyl (C=O) groups excluding carboxylic acids is 2. The molecule has 0 atom stereocenters. The maximum Gasteiger partial charge on any atom is 0.343 e. The van der Waals surface area contributed by atoms with E-state index in [4.69, 9.17) is 9.47 Å². The molecule has 1 aromatic rings. The minimum absolute atomic E-state index is 0.149. The van der Waals surface area contributed by atoms with Crippen molar-refractivity contribution in [2.45, 2.75) is 27.7 Å². The first-order valence-corrected chi connectivity index (χ1v) is 6.01. The number of benzene rings is 1. The Bertz CT molecular complexity index is 426. The summed E-state index contributed by atoms with van der Waals surface area (Å²) in [4.78, 5) is 21.6. The summed E-state index contributed by atoms with van der Waals surface area (Å²) in [7, 11) is 1.29. The standard InChI is InChI=1S/C12H14O5.C2H6/c1-8-6-10(17-9(2)13)4-5-11(8)16-7-12(14)15-3;1-2/h4-6H,7H2,1-3H3;1-2H3. The number of rotatable bonds is 4. The molecule has 0 fully saturated rings. The Labute approximate surface area is 113 Å². The van der Waals surface area contributed by atoms with Crippen LogP contribution in [0.2, 0.25) is 0 Å². The Kier molecular flexibility index (Phi) is 8.00. The lowest BCUT2D eigenvalue weighted by atomic mass is 10.2. The highest BCUT2D eigenvalue weighted by Gasteiger charge is 2.06. The Morgan fingerprint density at radius 1 is 1.21 bits per heavy atom. The third-order valence-electron chi connectivity index (χ3n) is 1.98. The molecule has 0 spiro atoms. The Balaban J connectivity index is 0.00000154. The van der Waals surface area contributed by atoms with Gasteiger partial charge in [-0.2, -0.15) is 0 Å². The number of ether oxygens (including phenoxy) is 3. The van der Waals surface area contributed by atoms with Crippen molar-refractivity contribution in [3.63, 3.8) is 0 Å². The highest BCUT2D eigenvalue weighted by atomic mass is 16.6. The molecule has 0 radical (unpaired) electrons. The van der Waals surface area contributed by atoms with Crippen LogP contribution in [-0.4, -0.2) is 25.7 Å². The van der Waals surface area contributed by atoms with Gasteiger partial charge in [-0.05, 0) is 30.7 Å². The summed E-state index contributed by atoms with van der Waals surface area (Å²) in [6.45, 7) is 6.97. The minimum Gasteiger partial charge on any atom is -0.482 e. The Morgan fingerprint density at radius 2 is 1.84 bits per heavy atom. The third-order valence-corrected chi connectivity index (χ3v) is 1.98. The molecule has 0 saturated carbocycles. The van der Waals surface area contributed by atoms with E-state index in [2.05, 4.69) is 4.74 Å². The fourth-order valence-electron chi connectivity index (χ4n) is 1.21. The van der Waals surface area contributed by atoms with Crippen molar-refractivity contribution < 1.29 is 23.8 Å². The third kappa shape index (κ3) is 6.45. The van der Waals surface area contributed by atoms with Gasteiger partial charge in [0.25, 0.3) is 0 Å². The summed E-state index contributed by atoms with van der Waals surface area (Å²) in [6, 6.07) is 4.89. The van der Waals surface area contributed by atoms with E-state index in [1.807, 2.05) is 13.8 Å². The van der Waals surface area contributed by atoms with E-state index in [0.717, 1.165) is 5.56 Å². The highest BCUT2D eigenvalue weighted by molar-refractivity contribution is 5.71. The molecular formula is C14H20O5. The number of hydrogen-bond acceptors (Lipinski definition) is 5. The summed E-state index contributed by atoms with van der Waals surface area (Å²) >= 11 is 0. The number of hydrogen-bond donors (Lipinski definition) is 0. The van der Waals surface area contributed by atoms with Gasteiger partial charge in [0, 0.05) is 6.92 Å². The summed E-state index contributed by atoms with van der Waals surface area (Å²) in [5, 5.41) is 0. The van der Waals surface area contributed by atoms with Gasteiger partial charge in [0.1, 0.15) is 11.5 Å². The molecule has 0 amide bonds. The molecular weight excluding hydrogens is 248 g/mol. The summed E-state index contributed by atoms with van der Waals surface area (Å²) in [6.07, 6.45) is 0. The predicted molar refractivity (Wildman–Crippen MR) is 71.3 cm³/mol. The first-order valence-electron chi connectivity index (χ1n) is 6.01. The first-order chi connectivity index (χ1) is 9.02. The van der Waals surface area contributed by atoms with Gasteiger partial charge in [-0.1, -0.05) is 13.8 Å². The van der Waals surface area contributed by atoms with Gasteiger partial charge in [0.15, 0.2) is 6.61 Å². The van der Waals surface area contributed by atoms with E-state index in [1.54, 1.807) is 25.1 Å². The van der Waals surface area contributed by atoms with Gasteiger partial charge in [0.2, 0.25) is 0 Å². The van der Waals surface area contributed by atoms with Crippen molar-refractivity contribution in [1.29, 1.82) is 0 Å². The van der Waals surface area contributed by atoms with Crippen LogP contribution < -0.4 is 9.47 Å². The summed E-state index contributed by atoms with van der Waals surface area (Å²) in [5.74, 6) is 0.160. The Morgan fingerprint density at radius 3 is 2.32 bits per heavy atom. The number of carbonyl (C=O) groups is 2. The second-order valence-corrected chi connectivity index (χ2v) is 3.39. The predicted octanol–water partition coefficient (Wildman–Crippen LogP) is 2.50. The van der Waals surface area contributed by atoms with Gasteiger partial charge >= 0.3 is 11.9 Å². The Hall–Kier alpha value is -2.04. The molecule has 0 aliphatic carbocycles. The van der Waals surface area contributed by atoms with Crippen LogP contribution in [0.5, 0.6) is 11.5 Å². The SMILES string of the molecule is CC.COC(=O)COc1ccc(OC(C)=O)cc1C. The molecule has 0 saturated heterocycles. The fourth-order valence-corrected chi connectivity index (χ4v) is 1.21. The van der Waals surface area contributed by atoms with Crippen molar-refractivity contribution >= 4 is 11.9 Å². The normalized spacial score (nSPS) is 8.89. The monoisotopic (exact) mass is 268 g/mol. The van der Waals surface area contributed by atoms with Gasteiger partial charge in [-0.3, -0.25) is 4.79 Å². The molecule has 106 valence electrons. The lowest BCUT2D eigenvalue weighted by Gasteiger charge is -2.09. The van der Waals surface area contributed by atoms with Crippen molar-refractivity contribution in [1.82, 2.24) is 0 Å². The van der Waals surface area contributed by atoms with Gasteiger partial charge in [-0.25, -0.2) is 4.79 Å². The molecule has 5 nitrogen and oxygen atoms in total. The second kappa shape index (κ2) is 8.97. The van der Waals surface area contributed by atoms with Crippen molar-refractivity contribution in [2.24, 2.45) is 0 Å². The topological polar surface area (TPSA) is 61.8 Å². The zero-order valence-corrected chi connectivity index (χ0v) is 12.0. The maximum atomic E-state index is 10.9. The van der Waals surface area contributed by atoms with E-state index in [-0.39, 0.29) is 12.6 Å². The molecule has 0 heterocycles. The van der Waals surface area contributed by atoms with Crippen LogP contribution in [0.1, 0.15) is 26.3 Å². The average molecular weight is 268 g/mol. The molecule has 0 aliphatic rings. The summed E-state index contributed by atoms with van der Waals surface area (Å²) in [5.41, 5.74) is 0.771. The van der Waals surface area contributed by atoms with Crippen molar-refractivity contribution in [2.75, 3.05) is 13.7 Å². The van der Waals surface area contributed by atoms with E-state index >= 15 is 0 Å². The maximum absolute atomic E-state index is 10.9. The molecule has 19 heavy (non-hydrogen) atoms. The molecule has 5 heteroatoms. The second-order valence-electron chi connectivity index (χ2n) is 3.39. The molecule has 0 aliphatic heterocycles. The van der Waals surface area contributed by atoms with Crippen molar-refractivity contribution in [3.05, 3.63) is 23.8 Å². The van der Waals surface area contributed by atoms with E-state index in [1.165, 1.54) is 14.0 Å². The largest absolute Gasteiger partial charge is 0.482 e. The molecule has 0 N–H and O–H groups in total. The van der Waals surface area contributed by atoms with Crippen LogP contribution in [0.4, 0.5) is 0 Å². The van der Waals surface area contributed by atoms with Crippen LogP contribution >= 0.6 is 0 Å². The average Bonchev–Trinajstić information content (AvgIpc) is 2.39. The molecule has 1 rings (SSSR count). The van der Waals surface area contributed by atoms with Gasteiger partial charge in [0.05, 0.1) is 7.11 Å². The van der Waals surface area contributed by atoms with Crippen LogP contribution in [0, 0.1) is 6.92 Å². The molecule has 0 aromatic heterocycles. The van der Waals surface area contributed by atoms with E-state index in [0.29, 0.717) is 11.5 Å². The van der Waals surface area contributed by atoms with E-state index in [9.17, 15) is 9.59 Å². The van der Waals surface area contributed by atoms with Crippen LogP contribution in [0.3, 0.4) is 0 Å². The van der Waals surface area contributed by atoms with Crippen LogP contribution in [-0.2, 0) is 14.3 Å². The van der Waals surface area contributed by atoms with Crippen LogP contribution in [0.15, 0.2) is 18.2 Å². The lowest BCUT2D eigenvalue weighted by Crippen LogP contribution is -2.13. The highest BCUT2D eigenvalue weighted by Crippen LogP contribution is 2.23. The quantitative estimate of drug-likeness (QED) is 0.620. The van der Waals surface area contributed by atoms with E-state index < -0.39 is 5.97 Å². The minimum atomic E-state index is -0.450. The zero-order valence-electron chi connectivity index (χ0n) is 12.0. The van der Waals surface area contributed by atoms with Crippen molar-refractivity contribution in [3.8, 4) is 11.5 Å². The number of methoxy groups -OCH3 is 1.